The molecule has 0 atom stereocenters. The highest BCUT2D eigenvalue weighted by Gasteiger charge is 2.24. The molecule has 0 fully saturated rings. The predicted molar refractivity (Wildman–Crippen MR) is 80.9 cm³/mol. The number of halogens is 2. The maximum Gasteiger partial charge on any atom is 0.258 e. The van der Waals surface area contributed by atoms with Crippen LogP contribution >= 0.6 is 11.6 Å². The topological polar surface area (TPSA) is 49.4 Å². The number of carbonyl (C=O) groups is 2. The van der Waals surface area contributed by atoms with Crippen LogP contribution in [0.4, 0.5) is 4.39 Å². The van der Waals surface area contributed by atoms with Gasteiger partial charge in [-0.25, -0.2) is 4.39 Å². The minimum absolute atomic E-state index is 0.0367. The zero-order valence-corrected chi connectivity index (χ0v) is 13.4. The van der Waals surface area contributed by atoms with E-state index in [0.717, 1.165) is 0 Å². The smallest absolute Gasteiger partial charge is 0.258 e. The van der Waals surface area contributed by atoms with Crippen molar-refractivity contribution in [2.45, 2.75) is 33.2 Å². The van der Waals surface area contributed by atoms with Crippen molar-refractivity contribution in [2.75, 3.05) is 13.1 Å². The molecule has 0 heterocycles. The average molecular weight is 315 g/mol. The van der Waals surface area contributed by atoms with Crippen LogP contribution in [-0.4, -0.2) is 35.3 Å². The molecule has 0 aliphatic rings. The largest absolute Gasteiger partial charge is 0.350 e. The van der Waals surface area contributed by atoms with Crippen molar-refractivity contribution in [3.05, 3.63) is 34.6 Å². The highest BCUT2D eigenvalue weighted by Crippen LogP contribution is 2.20. The summed E-state index contributed by atoms with van der Waals surface area (Å²) in [6.45, 7) is 7.39. The molecule has 1 aromatic carbocycles. The van der Waals surface area contributed by atoms with Gasteiger partial charge in [0.05, 0.1) is 17.1 Å². The number of likely N-dealkylation sites (N-methyl/N-ethyl adjacent to an activating group) is 1. The zero-order chi connectivity index (χ0) is 16.2. The van der Waals surface area contributed by atoms with Crippen LogP contribution in [0.3, 0.4) is 0 Å². The van der Waals surface area contributed by atoms with Crippen LogP contribution in [0.15, 0.2) is 18.2 Å². The van der Waals surface area contributed by atoms with E-state index in [1.54, 1.807) is 6.92 Å². The third kappa shape index (κ3) is 5.01. The summed E-state index contributed by atoms with van der Waals surface area (Å²) >= 11 is 5.88. The van der Waals surface area contributed by atoms with E-state index < -0.39 is 17.3 Å². The Morgan fingerprint density at radius 2 is 1.95 bits per heavy atom. The second-order valence-electron chi connectivity index (χ2n) is 5.71. The summed E-state index contributed by atoms with van der Waals surface area (Å²) in [5, 5.41) is 2.80. The van der Waals surface area contributed by atoms with Crippen LogP contribution in [0.2, 0.25) is 5.02 Å². The summed E-state index contributed by atoms with van der Waals surface area (Å²) in [5.74, 6) is -1.59. The van der Waals surface area contributed by atoms with Gasteiger partial charge in [0.1, 0.15) is 5.82 Å². The van der Waals surface area contributed by atoms with Crippen molar-refractivity contribution in [3.63, 3.8) is 0 Å². The van der Waals surface area contributed by atoms with Gasteiger partial charge in [-0.05, 0) is 39.8 Å². The average Bonchev–Trinajstić information content (AvgIpc) is 2.33. The maximum atomic E-state index is 13.8. The van der Waals surface area contributed by atoms with Crippen LogP contribution in [0.5, 0.6) is 0 Å². The minimum atomic E-state index is -0.692. The molecule has 0 aliphatic heterocycles. The third-order valence-corrected chi connectivity index (χ3v) is 3.01. The molecule has 0 aliphatic carbocycles. The fourth-order valence-corrected chi connectivity index (χ4v) is 2.06. The number of nitrogens with one attached hydrogen (secondary N) is 1. The van der Waals surface area contributed by atoms with E-state index in [9.17, 15) is 14.0 Å². The molecule has 0 radical (unpaired) electrons. The first-order valence-electron chi connectivity index (χ1n) is 6.70. The number of nitrogens with zero attached hydrogens (tertiary/aromatic N) is 1. The Morgan fingerprint density at radius 3 is 2.43 bits per heavy atom. The van der Waals surface area contributed by atoms with E-state index in [2.05, 4.69) is 5.32 Å². The van der Waals surface area contributed by atoms with Gasteiger partial charge in [0.2, 0.25) is 5.91 Å². The van der Waals surface area contributed by atoms with Crippen LogP contribution in [-0.2, 0) is 4.79 Å². The summed E-state index contributed by atoms with van der Waals surface area (Å²) in [6.07, 6.45) is 0. The molecule has 0 unspecified atom stereocenters. The minimum Gasteiger partial charge on any atom is -0.350 e. The Labute approximate surface area is 129 Å². The van der Waals surface area contributed by atoms with Crippen molar-refractivity contribution >= 4 is 23.4 Å². The highest BCUT2D eigenvalue weighted by atomic mass is 35.5. The number of benzene rings is 1. The van der Waals surface area contributed by atoms with Crippen LogP contribution < -0.4 is 5.32 Å². The zero-order valence-electron chi connectivity index (χ0n) is 12.7. The lowest BCUT2D eigenvalue weighted by atomic mass is 10.1. The molecule has 0 bridgehead atoms. The Kier molecular flexibility index (Phi) is 5.72. The van der Waals surface area contributed by atoms with Gasteiger partial charge in [0, 0.05) is 12.1 Å². The molecule has 2 amide bonds. The first-order chi connectivity index (χ1) is 9.65. The van der Waals surface area contributed by atoms with E-state index in [4.69, 9.17) is 11.6 Å². The summed E-state index contributed by atoms with van der Waals surface area (Å²) in [7, 11) is 0. The van der Waals surface area contributed by atoms with Gasteiger partial charge in [-0.15, -0.1) is 0 Å². The van der Waals surface area contributed by atoms with Crippen molar-refractivity contribution in [1.29, 1.82) is 0 Å². The predicted octanol–water partition coefficient (Wildman–Crippen LogP) is 2.86. The van der Waals surface area contributed by atoms with Gasteiger partial charge < -0.3 is 10.2 Å². The second-order valence-corrected chi connectivity index (χ2v) is 6.12. The number of carbonyl (C=O) groups excluding carboxylic acids is 2. The second kappa shape index (κ2) is 6.89. The summed E-state index contributed by atoms with van der Waals surface area (Å²) < 4.78 is 13.8. The normalized spacial score (nSPS) is 11.1. The SMILES string of the molecule is CCN(CC(=O)NC(C)(C)C)C(=O)c1c(F)cccc1Cl. The van der Waals surface area contributed by atoms with E-state index >= 15 is 0 Å². The van der Waals surface area contributed by atoms with Gasteiger partial charge in [-0.1, -0.05) is 17.7 Å². The number of amides is 2. The molecule has 1 rings (SSSR count). The molecule has 1 aromatic rings. The van der Waals surface area contributed by atoms with Crippen LogP contribution in [0, 0.1) is 5.82 Å². The number of hydrogen-bond acceptors (Lipinski definition) is 2. The molecule has 0 spiro atoms. The Balaban J connectivity index is 2.90. The van der Waals surface area contributed by atoms with E-state index in [0.29, 0.717) is 0 Å². The van der Waals surface area contributed by atoms with Crippen molar-refractivity contribution in [2.24, 2.45) is 0 Å². The molecule has 0 saturated heterocycles. The lowest BCUT2D eigenvalue weighted by Gasteiger charge is -2.25. The summed E-state index contributed by atoms with van der Waals surface area (Å²) in [5.41, 5.74) is -0.598. The van der Waals surface area contributed by atoms with Gasteiger partial charge in [-0.2, -0.15) is 0 Å². The molecular weight excluding hydrogens is 295 g/mol. The monoisotopic (exact) mass is 314 g/mol. The van der Waals surface area contributed by atoms with Gasteiger partial charge in [0.15, 0.2) is 0 Å². The Morgan fingerprint density at radius 1 is 1.33 bits per heavy atom. The Hall–Kier alpha value is -1.62. The number of hydrogen-bond donors (Lipinski definition) is 1. The standard InChI is InChI=1S/C15H20ClFN2O2/c1-5-19(9-12(20)18-15(2,3)4)14(21)13-10(16)7-6-8-11(13)17/h6-8H,5,9H2,1-4H3,(H,18,20). The molecule has 116 valence electrons. The summed E-state index contributed by atoms with van der Waals surface area (Å²) in [4.78, 5) is 25.5. The molecule has 0 aromatic heterocycles. The quantitative estimate of drug-likeness (QED) is 0.929. The fourth-order valence-electron chi connectivity index (χ4n) is 1.82. The van der Waals surface area contributed by atoms with E-state index in [-0.39, 0.29) is 29.6 Å². The van der Waals surface area contributed by atoms with Crippen molar-refractivity contribution in [1.82, 2.24) is 10.2 Å². The van der Waals surface area contributed by atoms with Crippen LogP contribution in [0.1, 0.15) is 38.1 Å². The van der Waals surface area contributed by atoms with E-state index in [1.165, 1.54) is 23.1 Å². The number of rotatable bonds is 4. The lowest BCUT2D eigenvalue weighted by Crippen LogP contribution is -2.47. The van der Waals surface area contributed by atoms with E-state index in [1.807, 2.05) is 20.8 Å². The lowest BCUT2D eigenvalue weighted by molar-refractivity contribution is -0.123. The first-order valence-corrected chi connectivity index (χ1v) is 7.07. The molecule has 21 heavy (non-hydrogen) atoms. The van der Waals surface area contributed by atoms with Crippen molar-refractivity contribution in [3.8, 4) is 0 Å². The van der Waals surface area contributed by atoms with Gasteiger partial charge in [-0.3, -0.25) is 9.59 Å². The Bertz CT molecular complexity index is 521. The maximum absolute atomic E-state index is 13.8. The van der Waals surface area contributed by atoms with Crippen LogP contribution in [0.25, 0.3) is 0 Å². The molecule has 0 saturated carbocycles. The molecule has 4 nitrogen and oxygen atoms in total. The third-order valence-electron chi connectivity index (χ3n) is 2.69. The fraction of sp³-hybridized carbons (Fsp3) is 0.467. The van der Waals surface area contributed by atoms with Crippen molar-refractivity contribution < 1.29 is 14.0 Å². The van der Waals surface area contributed by atoms with Gasteiger partial charge in [0.25, 0.3) is 5.91 Å². The molecule has 6 heteroatoms. The first kappa shape index (κ1) is 17.4. The molecular formula is C15H20ClFN2O2. The van der Waals surface area contributed by atoms with Gasteiger partial charge >= 0.3 is 0 Å². The molecule has 1 N–H and O–H groups in total. The summed E-state index contributed by atoms with van der Waals surface area (Å²) in [6, 6.07) is 4.04. The highest BCUT2D eigenvalue weighted by molar-refractivity contribution is 6.33.